The molecule has 4 rings (SSSR count). The summed E-state index contributed by atoms with van der Waals surface area (Å²) in [7, 11) is 0. The normalized spacial score (nSPS) is 23.7. The summed E-state index contributed by atoms with van der Waals surface area (Å²) in [4.78, 5) is 11.2. The SMILES string of the molecule is CC(=O)N[C@@H](C)c1cc(C2CC(Oc3ccc4c(c3)OC(C)(C)C4)C2)no1. The molecule has 144 valence electrons. The van der Waals surface area contributed by atoms with Crippen molar-refractivity contribution in [3.05, 3.63) is 41.3 Å². The maximum Gasteiger partial charge on any atom is 0.217 e. The van der Waals surface area contributed by atoms with Crippen LogP contribution < -0.4 is 14.8 Å². The van der Waals surface area contributed by atoms with Gasteiger partial charge in [0.25, 0.3) is 0 Å². The summed E-state index contributed by atoms with van der Waals surface area (Å²) >= 11 is 0. The molecule has 27 heavy (non-hydrogen) atoms. The van der Waals surface area contributed by atoms with Crippen LogP contribution in [0.5, 0.6) is 11.5 Å². The van der Waals surface area contributed by atoms with Crippen molar-refractivity contribution in [3.8, 4) is 11.5 Å². The van der Waals surface area contributed by atoms with Crippen molar-refractivity contribution in [2.45, 2.75) is 70.6 Å². The lowest BCUT2D eigenvalue weighted by Crippen LogP contribution is -2.32. The summed E-state index contributed by atoms with van der Waals surface area (Å²) in [5.74, 6) is 2.72. The number of carbonyl (C=O) groups is 1. The second-order valence-corrected chi connectivity index (χ2v) is 8.29. The van der Waals surface area contributed by atoms with Gasteiger partial charge >= 0.3 is 0 Å². The minimum absolute atomic E-state index is 0.0840. The van der Waals surface area contributed by atoms with Crippen LogP contribution in [0.2, 0.25) is 0 Å². The Bertz CT molecular complexity index is 852. The lowest BCUT2D eigenvalue weighted by atomic mass is 9.80. The molecule has 2 aromatic rings. The highest BCUT2D eigenvalue weighted by atomic mass is 16.5. The topological polar surface area (TPSA) is 73.6 Å². The summed E-state index contributed by atoms with van der Waals surface area (Å²) in [6.45, 7) is 7.58. The van der Waals surface area contributed by atoms with Crippen LogP contribution in [0.1, 0.15) is 69.5 Å². The Kier molecular flexibility index (Phi) is 4.36. The zero-order chi connectivity index (χ0) is 19.2. The van der Waals surface area contributed by atoms with E-state index in [9.17, 15) is 4.79 Å². The molecule has 1 amide bonds. The molecule has 1 aromatic carbocycles. The van der Waals surface area contributed by atoms with Crippen molar-refractivity contribution in [2.75, 3.05) is 0 Å². The largest absolute Gasteiger partial charge is 0.490 e. The smallest absolute Gasteiger partial charge is 0.217 e. The fourth-order valence-electron chi connectivity index (χ4n) is 3.81. The molecule has 0 bridgehead atoms. The maximum atomic E-state index is 11.2. The van der Waals surface area contributed by atoms with Crippen LogP contribution in [-0.4, -0.2) is 22.8 Å². The first-order chi connectivity index (χ1) is 12.8. The third-order valence-electron chi connectivity index (χ3n) is 5.25. The number of ether oxygens (including phenoxy) is 2. The molecule has 1 aromatic heterocycles. The number of fused-ring (bicyclic) bond motifs is 1. The van der Waals surface area contributed by atoms with Gasteiger partial charge in [-0.3, -0.25) is 4.79 Å². The average Bonchev–Trinajstić information content (AvgIpc) is 3.12. The monoisotopic (exact) mass is 370 g/mol. The third-order valence-corrected chi connectivity index (χ3v) is 5.25. The van der Waals surface area contributed by atoms with Crippen LogP contribution in [0.4, 0.5) is 0 Å². The first-order valence-electron chi connectivity index (χ1n) is 9.51. The van der Waals surface area contributed by atoms with Crippen LogP contribution in [0.25, 0.3) is 0 Å². The van der Waals surface area contributed by atoms with Gasteiger partial charge in [-0.1, -0.05) is 11.2 Å². The Morgan fingerprint density at radius 3 is 2.85 bits per heavy atom. The molecule has 6 nitrogen and oxygen atoms in total. The molecule has 0 unspecified atom stereocenters. The molecule has 1 aliphatic heterocycles. The number of benzene rings is 1. The fourth-order valence-corrected chi connectivity index (χ4v) is 3.81. The van der Waals surface area contributed by atoms with Crippen LogP contribution in [0.3, 0.4) is 0 Å². The molecular formula is C21H26N2O4. The van der Waals surface area contributed by atoms with Gasteiger partial charge in [0.05, 0.1) is 17.8 Å². The molecule has 1 fully saturated rings. The van der Waals surface area contributed by atoms with Gasteiger partial charge in [-0.15, -0.1) is 0 Å². The Hall–Kier alpha value is -2.50. The number of rotatable bonds is 5. The van der Waals surface area contributed by atoms with Crippen molar-refractivity contribution < 1.29 is 18.8 Å². The minimum atomic E-state index is -0.175. The predicted molar refractivity (Wildman–Crippen MR) is 100.0 cm³/mol. The van der Waals surface area contributed by atoms with Gasteiger partial charge in [0.1, 0.15) is 17.1 Å². The van der Waals surface area contributed by atoms with Crippen molar-refractivity contribution in [2.24, 2.45) is 0 Å². The van der Waals surface area contributed by atoms with Gasteiger partial charge in [0, 0.05) is 31.4 Å². The number of amides is 1. The van der Waals surface area contributed by atoms with Gasteiger partial charge < -0.3 is 19.3 Å². The average molecular weight is 370 g/mol. The number of aromatic nitrogens is 1. The summed E-state index contributed by atoms with van der Waals surface area (Å²) < 4.78 is 17.5. The molecule has 0 spiro atoms. The second-order valence-electron chi connectivity index (χ2n) is 8.29. The number of carbonyl (C=O) groups excluding carboxylic acids is 1. The Morgan fingerprint density at radius 2 is 2.11 bits per heavy atom. The summed E-state index contributed by atoms with van der Waals surface area (Å²) in [6, 6.07) is 7.89. The first kappa shape index (κ1) is 17.9. The molecule has 1 aliphatic carbocycles. The highest BCUT2D eigenvalue weighted by Crippen LogP contribution is 2.41. The standard InChI is InChI=1S/C21H26N2O4/c1-12(22-13(2)24)19-10-18(23-27-19)15-7-17(8-15)25-16-6-5-14-11-21(3,4)26-20(14)9-16/h5-6,9-10,12,15,17H,7-8,11H2,1-4H3,(H,22,24)/t12-,15?,17?/m0/s1. The summed E-state index contributed by atoms with van der Waals surface area (Å²) in [6.07, 6.45) is 2.92. The summed E-state index contributed by atoms with van der Waals surface area (Å²) in [5.41, 5.74) is 2.03. The molecule has 6 heteroatoms. The molecule has 0 saturated heterocycles. The molecule has 2 heterocycles. The van der Waals surface area contributed by atoms with Crippen LogP contribution >= 0.6 is 0 Å². The number of hydrogen-bond acceptors (Lipinski definition) is 5. The zero-order valence-electron chi connectivity index (χ0n) is 16.2. The van der Waals surface area contributed by atoms with E-state index in [2.05, 4.69) is 30.4 Å². The highest BCUT2D eigenvalue weighted by Gasteiger charge is 2.35. The van der Waals surface area contributed by atoms with Crippen LogP contribution in [0.15, 0.2) is 28.8 Å². The Morgan fingerprint density at radius 1 is 1.33 bits per heavy atom. The Labute approximate surface area is 159 Å². The van der Waals surface area contributed by atoms with Crippen LogP contribution in [-0.2, 0) is 11.2 Å². The van der Waals surface area contributed by atoms with E-state index in [1.165, 1.54) is 12.5 Å². The van der Waals surface area contributed by atoms with E-state index in [0.29, 0.717) is 11.7 Å². The zero-order valence-corrected chi connectivity index (χ0v) is 16.2. The molecule has 0 radical (unpaired) electrons. The lowest BCUT2D eigenvalue weighted by molar-refractivity contribution is -0.119. The third kappa shape index (κ3) is 3.80. The van der Waals surface area contributed by atoms with Crippen molar-refractivity contribution >= 4 is 5.91 Å². The van der Waals surface area contributed by atoms with E-state index < -0.39 is 0 Å². The van der Waals surface area contributed by atoms with E-state index in [4.69, 9.17) is 14.0 Å². The molecule has 1 atom stereocenters. The van der Waals surface area contributed by atoms with Gasteiger partial charge in [-0.05, 0) is 45.2 Å². The molecule has 1 saturated carbocycles. The second kappa shape index (κ2) is 6.59. The summed E-state index contributed by atoms with van der Waals surface area (Å²) in [5, 5.41) is 6.98. The van der Waals surface area contributed by atoms with E-state index >= 15 is 0 Å². The number of nitrogens with zero attached hydrogens (tertiary/aromatic N) is 1. The van der Waals surface area contributed by atoms with E-state index in [1.807, 2.05) is 25.1 Å². The van der Waals surface area contributed by atoms with Gasteiger partial charge in [0.15, 0.2) is 5.76 Å². The van der Waals surface area contributed by atoms with Crippen molar-refractivity contribution in [3.63, 3.8) is 0 Å². The lowest BCUT2D eigenvalue weighted by Gasteiger charge is -2.34. The fraction of sp³-hybridized carbons (Fsp3) is 0.524. The van der Waals surface area contributed by atoms with E-state index in [0.717, 1.165) is 36.5 Å². The molecule has 2 aliphatic rings. The number of nitrogens with one attached hydrogen (secondary N) is 1. The highest BCUT2D eigenvalue weighted by molar-refractivity contribution is 5.73. The van der Waals surface area contributed by atoms with Gasteiger partial charge in [-0.2, -0.15) is 0 Å². The van der Waals surface area contributed by atoms with Gasteiger partial charge in [0.2, 0.25) is 5.91 Å². The van der Waals surface area contributed by atoms with E-state index in [1.54, 1.807) is 0 Å². The van der Waals surface area contributed by atoms with Crippen LogP contribution in [0, 0.1) is 0 Å². The van der Waals surface area contributed by atoms with Gasteiger partial charge in [-0.25, -0.2) is 0 Å². The van der Waals surface area contributed by atoms with E-state index in [-0.39, 0.29) is 23.7 Å². The molecular weight excluding hydrogens is 344 g/mol. The first-order valence-corrected chi connectivity index (χ1v) is 9.51. The molecule has 1 N–H and O–H groups in total. The van der Waals surface area contributed by atoms with Crippen molar-refractivity contribution in [1.29, 1.82) is 0 Å². The Balaban J connectivity index is 1.32. The minimum Gasteiger partial charge on any atom is -0.490 e. The van der Waals surface area contributed by atoms with Crippen molar-refractivity contribution in [1.82, 2.24) is 10.5 Å². The predicted octanol–water partition coefficient (Wildman–Crippen LogP) is 3.91. The quantitative estimate of drug-likeness (QED) is 0.864. The maximum absolute atomic E-state index is 11.2. The number of hydrogen-bond donors (Lipinski definition) is 1.